The van der Waals surface area contributed by atoms with Gasteiger partial charge >= 0.3 is 11.8 Å². The molecule has 0 saturated carbocycles. The molecule has 1 saturated heterocycles. The number of pyridine rings is 1. The molecule has 1 fully saturated rings. The lowest BCUT2D eigenvalue weighted by Gasteiger charge is -2.35. The van der Waals surface area contributed by atoms with Gasteiger partial charge in [-0.25, -0.2) is 8.42 Å². The molecule has 3 rings (SSSR count). The number of hydrogen-bond donors (Lipinski definition) is 2. The van der Waals surface area contributed by atoms with Gasteiger partial charge in [-0.15, -0.1) is 0 Å². The fraction of sp³-hybridized carbons (Fsp3) is 0.381. The van der Waals surface area contributed by atoms with E-state index in [0.717, 1.165) is 5.56 Å². The minimum atomic E-state index is -3.83. The van der Waals surface area contributed by atoms with Crippen LogP contribution in [0.5, 0.6) is 0 Å². The summed E-state index contributed by atoms with van der Waals surface area (Å²) < 4.78 is 33.4. The molecule has 166 valence electrons. The van der Waals surface area contributed by atoms with Crippen LogP contribution in [0.4, 0.5) is 0 Å². The summed E-state index contributed by atoms with van der Waals surface area (Å²) in [5.41, 5.74) is 2.08. The number of nitrogens with one attached hydrogen (secondary N) is 2. The van der Waals surface area contributed by atoms with E-state index in [0.29, 0.717) is 24.3 Å². The number of sulfonamides is 1. The standard InChI is InChI=1S/C21H26N4O5S/c1-15-7-8-16(2)18(12-15)31(28,29)25-10-5-11-30-19(25)14-24-21(27)20(26)23-13-17-6-3-4-9-22-17/h3-4,6-9,12,19H,5,10-11,13-14H2,1-2H3,(H,23,26)(H,24,27)/t19-/m0/s1. The van der Waals surface area contributed by atoms with Crippen molar-refractivity contribution in [3.05, 3.63) is 59.4 Å². The van der Waals surface area contributed by atoms with Crippen LogP contribution in [0.1, 0.15) is 23.2 Å². The second kappa shape index (κ2) is 9.99. The Balaban J connectivity index is 1.63. The van der Waals surface area contributed by atoms with Gasteiger partial charge in [0.05, 0.1) is 30.3 Å². The van der Waals surface area contributed by atoms with Crippen molar-refractivity contribution in [1.29, 1.82) is 0 Å². The zero-order valence-corrected chi connectivity index (χ0v) is 18.3. The van der Waals surface area contributed by atoms with E-state index >= 15 is 0 Å². The summed E-state index contributed by atoms with van der Waals surface area (Å²) in [6.45, 7) is 4.17. The molecule has 1 aliphatic heterocycles. The molecule has 31 heavy (non-hydrogen) atoms. The number of hydrogen-bond acceptors (Lipinski definition) is 6. The van der Waals surface area contributed by atoms with E-state index in [4.69, 9.17) is 4.74 Å². The van der Waals surface area contributed by atoms with Crippen molar-refractivity contribution in [3.8, 4) is 0 Å². The van der Waals surface area contributed by atoms with Crippen molar-refractivity contribution >= 4 is 21.8 Å². The molecular formula is C21H26N4O5S. The molecule has 2 N–H and O–H groups in total. The normalized spacial score (nSPS) is 17.2. The molecule has 10 heteroatoms. The largest absolute Gasteiger partial charge is 0.360 e. The zero-order chi connectivity index (χ0) is 22.4. The van der Waals surface area contributed by atoms with Crippen molar-refractivity contribution < 1.29 is 22.7 Å². The smallest absolute Gasteiger partial charge is 0.309 e. The van der Waals surface area contributed by atoms with E-state index in [9.17, 15) is 18.0 Å². The van der Waals surface area contributed by atoms with Crippen molar-refractivity contribution in [1.82, 2.24) is 19.9 Å². The third-order valence-corrected chi connectivity index (χ3v) is 6.92. The Morgan fingerprint density at radius 2 is 1.94 bits per heavy atom. The number of nitrogens with zero attached hydrogens (tertiary/aromatic N) is 2. The van der Waals surface area contributed by atoms with Gasteiger partial charge in [0.2, 0.25) is 10.0 Å². The van der Waals surface area contributed by atoms with E-state index < -0.39 is 28.1 Å². The van der Waals surface area contributed by atoms with E-state index in [-0.39, 0.29) is 24.5 Å². The van der Waals surface area contributed by atoms with Crippen LogP contribution in [0.15, 0.2) is 47.5 Å². The lowest BCUT2D eigenvalue weighted by molar-refractivity contribution is -0.140. The van der Waals surface area contributed by atoms with Gasteiger partial charge < -0.3 is 15.4 Å². The van der Waals surface area contributed by atoms with Crippen molar-refractivity contribution in [3.63, 3.8) is 0 Å². The van der Waals surface area contributed by atoms with Crippen LogP contribution in [-0.4, -0.2) is 55.4 Å². The second-order valence-corrected chi connectivity index (χ2v) is 9.14. The van der Waals surface area contributed by atoms with Crippen LogP contribution in [0.3, 0.4) is 0 Å². The summed E-state index contributed by atoms with van der Waals surface area (Å²) in [4.78, 5) is 28.5. The molecule has 2 heterocycles. The molecule has 0 bridgehead atoms. The molecule has 1 aromatic carbocycles. The monoisotopic (exact) mass is 446 g/mol. The average Bonchev–Trinajstić information content (AvgIpc) is 2.78. The summed E-state index contributed by atoms with van der Waals surface area (Å²) in [6, 6.07) is 10.5. The molecule has 9 nitrogen and oxygen atoms in total. The highest BCUT2D eigenvalue weighted by Crippen LogP contribution is 2.25. The molecule has 2 amide bonds. The average molecular weight is 447 g/mol. The van der Waals surface area contributed by atoms with Crippen molar-refractivity contribution in [2.75, 3.05) is 19.7 Å². The van der Waals surface area contributed by atoms with Crippen molar-refractivity contribution in [2.45, 2.75) is 37.9 Å². The molecule has 0 spiro atoms. The van der Waals surface area contributed by atoms with Crippen LogP contribution >= 0.6 is 0 Å². The highest BCUT2D eigenvalue weighted by Gasteiger charge is 2.35. The quantitative estimate of drug-likeness (QED) is 0.636. The number of amides is 2. The van der Waals surface area contributed by atoms with Crippen LogP contribution < -0.4 is 10.6 Å². The summed E-state index contributed by atoms with van der Waals surface area (Å²) in [7, 11) is -3.83. The molecular weight excluding hydrogens is 420 g/mol. The van der Waals surface area contributed by atoms with E-state index in [1.54, 1.807) is 43.5 Å². The maximum absolute atomic E-state index is 13.3. The molecule has 1 atom stereocenters. The topological polar surface area (TPSA) is 118 Å². The Hall–Kier alpha value is -2.82. The van der Waals surface area contributed by atoms with Crippen LogP contribution in [0, 0.1) is 13.8 Å². The second-order valence-electron chi connectivity index (χ2n) is 7.28. The highest BCUT2D eigenvalue weighted by molar-refractivity contribution is 7.89. The molecule has 0 aliphatic carbocycles. The number of rotatable bonds is 6. The Morgan fingerprint density at radius 1 is 1.16 bits per heavy atom. The van der Waals surface area contributed by atoms with Gasteiger partial charge in [0, 0.05) is 12.7 Å². The SMILES string of the molecule is Cc1ccc(C)c(S(=O)(=O)N2CCCO[C@H]2CNC(=O)C(=O)NCc2ccccn2)c1. The predicted molar refractivity (Wildman–Crippen MR) is 113 cm³/mol. The summed E-state index contributed by atoms with van der Waals surface area (Å²) in [6.07, 6.45) is 1.23. The first-order chi connectivity index (χ1) is 14.8. The lowest BCUT2D eigenvalue weighted by atomic mass is 10.2. The molecule has 0 radical (unpaired) electrons. The van der Waals surface area contributed by atoms with Gasteiger partial charge in [-0.1, -0.05) is 18.2 Å². The fourth-order valence-electron chi connectivity index (χ4n) is 3.23. The summed E-state index contributed by atoms with van der Waals surface area (Å²) >= 11 is 0. The van der Waals surface area contributed by atoms with Crippen LogP contribution in [-0.2, 0) is 30.9 Å². The minimum Gasteiger partial charge on any atom is -0.360 e. The van der Waals surface area contributed by atoms with E-state index in [2.05, 4.69) is 15.6 Å². The predicted octanol–water partition coefficient (Wildman–Crippen LogP) is 0.868. The summed E-state index contributed by atoms with van der Waals surface area (Å²) in [5, 5.41) is 4.95. The van der Waals surface area contributed by atoms with Gasteiger partial charge in [0.1, 0.15) is 6.23 Å². The van der Waals surface area contributed by atoms with Gasteiger partial charge in [-0.3, -0.25) is 14.6 Å². The third-order valence-electron chi connectivity index (χ3n) is 4.88. The van der Waals surface area contributed by atoms with Crippen LogP contribution in [0.25, 0.3) is 0 Å². The number of carbonyl (C=O) groups excluding carboxylic acids is 2. The molecule has 2 aromatic rings. The number of carbonyl (C=O) groups is 2. The third kappa shape index (κ3) is 5.66. The van der Waals surface area contributed by atoms with E-state index in [1.807, 2.05) is 13.0 Å². The van der Waals surface area contributed by atoms with Gasteiger partial charge in [0.15, 0.2) is 0 Å². The van der Waals surface area contributed by atoms with E-state index in [1.165, 1.54) is 4.31 Å². The van der Waals surface area contributed by atoms with Gasteiger partial charge in [-0.2, -0.15) is 4.31 Å². The number of aromatic nitrogens is 1. The minimum absolute atomic E-state index is 0.111. The highest BCUT2D eigenvalue weighted by atomic mass is 32.2. The fourth-order valence-corrected chi connectivity index (χ4v) is 5.11. The Bertz CT molecular complexity index is 1040. The maximum atomic E-state index is 13.3. The van der Waals surface area contributed by atoms with Crippen LogP contribution in [0.2, 0.25) is 0 Å². The Morgan fingerprint density at radius 3 is 2.68 bits per heavy atom. The molecule has 1 aromatic heterocycles. The van der Waals surface area contributed by atoms with Gasteiger partial charge in [-0.05, 0) is 49.6 Å². The number of ether oxygens (including phenoxy) is 1. The van der Waals surface area contributed by atoms with Gasteiger partial charge in [0.25, 0.3) is 0 Å². The maximum Gasteiger partial charge on any atom is 0.309 e. The zero-order valence-electron chi connectivity index (χ0n) is 17.5. The first-order valence-corrected chi connectivity index (χ1v) is 11.4. The summed E-state index contributed by atoms with van der Waals surface area (Å²) in [5.74, 6) is -1.69. The molecule has 1 aliphatic rings. The first-order valence-electron chi connectivity index (χ1n) is 9.95. The molecule has 0 unspecified atom stereocenters. The number of aryl methyl sites for hydroxylation is 2. The number of benzene rings is 1. The first kappa shape index (κ1) is 22.9. The Kier molecular flexibility index (Phi) is 7.37. The Labute approximate surface area is 181 Å². The van der Waals surface area contributed by atoms with Crippen molar-refractivity contribution in [2.24, 2.45) is 0 Å². The lowest BCUT2D eigenvalue weighted by Crippen LogP contribution is -2.53.